The molecular formula is C21H25N3O9PS+. The number of piperazine rings is 1. The second-order valence-corrected chi connectivity index (χ2v) is 9.95. The Morgan fingerprint density at radius 1 is 1.06 bits per heavy atom. The Bertz CT molecular complexity index is 1190. The topological polar surface area (TPSA) is 166 Å². The van der Waals surface area contributed by atoms with Gasteiger partial charge in [0.2, 0.25) is 16.8 Å². The predicted octanol–water partition coefficient (Wildman–Crippen LogP) is 1.07. The smallest absolute Gasteiger partial charge is 0.454 e. The highest BCUT2D eigenvalue weighted by molar-refractivity contribution is 7.89. The number of sulfonamides is 1. The molecule has 0 bridgehead atoms. The molecule has 2 heterocycles. The molecule has 0 atom stereocenters. The largest absolute Gasteiger partial charge is 0.692 e. The summed E-state index contributed by atoms with van der Waals surface area (Å²) < 4.78 is 47.1. The molecule has 12 nitrogen and oxygen atoms in total. The second kappa shape index (κ2) is 12.2. The molecule has 0 spiro atoms. The highest BCUT2D eigenvalue weighted by atomic mass is 32.2. The number of benzene rings is 2. The van der Waals surface area contributed by atoms with Crippen molar-refractivity contribution in [1.82, 2.24) is 14.7 Å². The van der Waals surface area contributed by atoms with E-state index in [4.69, 9.17) is 29.0 Å². The molecule has 0 unspecified atom stereocenters. The van der Waals surface area contributed by atoms with Gasteiger partial charge in [0.15, 0.2) is 11.5 Å². The zero-order chi connectivity index (χ0) is 25.4. The normalized spacial score (nSPS) is 16.0. The van der Waals surface area contributed by atoms with E-state index >= 15 is 0 Å². The van der Waals surface area contributed by atoms with Crippen LogP contribution in [0.2, 0.25) is 0 Å². The van der Waals surface area contributed by atoms with Gasteiger partial charge >= 0.3 is 8.25 Å². The standard InChI is InChI=1S/C21H23N3O6S.HO3P/c25-21(22-26)7-5-16-2-1-3-18(12-16)31(27,28)24-10-8-23(9-11-24)14-17-4-6-19-20(13-17)30-15-29-19;1-4(2)3/h1-7,12-13,26H,8-11,14-15H2,(H,22,25);(H-,1,2,3)/p+1/b7-5+;. The zero-order valence-electron chi connectivity index (χ0n) is 18.5. The van der Waals surface area contributed by atoms with Crippen molar-refractivity contribution >= 4 is 30.3 Å². The molecule has 0 radical (unpaired) electrons. The van der Waals surface area contributed by atoms with Crippen molar-refractivity contribution in [2.75, 3.05) is 33.0 Å². The van der Waals surface area contributed by atoms with Gasteiger partial charge in [-0.1, -0.05) is 18.2 Å². The molecule has 1 amide bonds. The van der Waals surface area contributed by atoms with Crippen molar-refractivity contribution < 1.29 is 42.2 Å². The summed E-state index contributed by atoms with van der Waals surface area (Å²) >= 11 is 0. The van der Waals surface area contributed by atoms with Crippen molar-refractivity contribution in [3.8, 4) is 11.5 Å². The van der Waals surface area contributed by atoms with Crippen LogP contribution in [0.3, 0.4) is 0 Å². The Morgan fingerprint density at radius 2 is 1.74 bits per heavy atom. The maximum absolute atomic E-state index is 13.1. The van der Waals surface area contributed by atoms with Crippen LogP contribution in [0.15, 0.2) is 53.4 Å². The molecule has 1 fully saturated rings. The number of nitrogens with zero attached hydrogens (tertiary/aromatic N) is 2. The summed E-state index contributed by atoms with van der Waals surface area (Å²) in [5.74, 6) is 0.796. The molecule has 2 aromatic carbocycles. The van der Waals surface area contributed by atoms with E-state index < -0.39 is 24.2 Å². The Labute approximate surface area is 203 Å². The fraction of sp³-hybridized carbons (Fsp3) is 0.286. The molecule has 188 valence electrons. The fourth-order valence-corrected chi connectivity index (χ4v) is 5.04. The summed E-state index contributed by atoms with van der Waals surface area (Å²) in [7, 11) is -6.52. The number of fused-ring (bicyclic) bond motifs is 1. The van der Waals surface area contributed by atoms with Gasteiger partial charge in [0, 0.05) is 43.4 Å². The quantitative estimate of drug-likeness (QED) is 0.185. The van der Waals surface area contributed by atoms with Crippen molar-refractivity contribution in [3.05, 3.63) is 59.7 Å². The van der Waals surface area contributed by atoms with E-state index in [0.29, 0.717) is 38.3 Å². The average molecular weight is 526 g/mol. The lowest BCUT2D eigenvalue weighted by Gasteiger charge is -2.34. The van der Waals surface area contributed by atoms with Gasteiger partial charge in [-0.25, -0.2) is 13.9 Å². The Kier molecular flexibility index (Phi) is 9.29. The van der Waals surface area contributed by atoms with Gasteiger partial charge in [-0.2, -0.15) is 4.31 Å². The van der Waals surface area contributed by atoms with Crippen molar-refractivity contribution in [3.63, 3.8) is 0 Å². The number of hydrogen-bond donors (Lipinski definition) is 4. The van der Waals surface area contributed by atoms with E-state index in [1.165, 1.54) is 28.0 Å². The zero-order valence-corrected chi connectivity index (χ0v) is 20.2. The predicted molar refractivity (Wildman–Crippen MR) is 124 cm³/mol. The number of carbonyl (C=O) groups is 1. The first-order chi connectivity index (χ1) is 16.7. The summed E-state index contributed by atoms with van der Waals surface area (Å²) in [6, 6.07) is 12.2. The summed E-state index contributed by atoms with van der Waals surface area (Å²) in [5, 5.41) is 8.55. The molecule has 0 saturated carbocycles. The SMILES string of the molecule is O=C(/C=C/c1cccc(S(=O)(=O)N2CCN(Cc3ccc4c(c3)OCO4)CC2)c1)NO.O=[P+](O)O. The fourth-order valence-electron chi connectivity index (χ4n) is 3.56. The minimum Gasteiger partial charge on any atom is -0.454 e. The number of hydroxylamine groups is 1. The molecule has 2 aliphatic rings. The van der Waals surface area contributed by atoms with E-state index in [9.17, 15) is 13.2 Å². The molecular weight excluding hydrogens is 501 g/mol. The van der Waals surface area contributed by atoms with Gasteiger partial charge in [-0.3, -0.25) is 14.9 Å². The maximum atomic E-state index is 13.1. The molecule has 2 aromatic rings. The van der Waals surface area contributed by atoms with Crippen LogP contribution >= 0.6 is 8.25 Å². The third kappa shape index (κ3) is 7.54. The van der Waals surface area contributed by atoms with Crippen LogP contribution in [0.25, 0.3) is 6.08 Å². The van der Waals surface area contributed by atoms with Gasteiger partial charge in [0.1, 0.15) is 0 Å². The summed E-state index contributed by atoms with van der Waals surface area (Å²) in [6.45, 7) is 2.95. The molecule has 4 N–H and O–H groups in total. The molecule has 0 aromatic heterocycles. The first-order valence-electron chi connectivity index (χ1n) is 10.4. The molecule has 0 aliphatic carbocycles. The van der Waals surface area contributed by atoms with Crippen LogP contribution < -0.4 is 15.0 Å². The number of carbonyl (C=O) groups excluding carboxylic acids is 1. The monoisotopic (exact) mass is 526 g/mol. The highest BCUT2D eigenvalue weighted by Crippen LogP contribution is 2.33. The van der Waals surface area contributed by atoms with Gasteiger partial charge in [-0.05, 0) is 41.5 Å². The van der Waals surface area contributed by atoms with Crippen LogP contribution in [0, 0.1) is 0 Å². The van der Waals surface area contributed by atoms with E-state index in [2.05, 4.69) is 4.90 Å². The van der Waals surface area contributed by atoms with Crippen molar-refractivity contribution in [1.29, 1.82) is 0 Å². The van der Waals surface area contributed by atoms with Gasteiger partial charge in [-0.15, -0.1) is 9.79 Å². The molecule has 2 aliphatic heterocycles. The van der Waals surface area contributed by atoms with Gasteiger partial charge in [0.05, 0.1) is 4.90 Å². The third-order valence-corrected chi connectivity index (χ3v) is 7.10. The molecule has 1 saturated heterocycles. The van der Waals surface area contributed by atoms with Crippen LogP contribution in [-0.4, -0.2) is 71.5 Å². The van der Waals surface area contributed by atoms with E-state index in [-0.39, 0.29) is 11.7 Å². The van der Waals surface area contributed by atoms with Crippen LogP contribution in [0.4, 0.5) is 0 Å². The van der Waals surface area contributed by atoms with Gasteiger partial charge < -0.3 is 9.47 Å². The number of hydrogen-bond acceptors (Lipinski definition) is 8. The minimum absolute atomic E-state index is 0.170. The summed E-state index contributed by atoms with van der Waals surface area (Å²) in [4.78, 5) is 27.8. The summed E-state index contributed by atoms with van der Waals surface area (Å²) in [6.07, 6.45) is 2.56. The highest BCUT2D eigenvalue weighted by Gasteiger charge is 2.28. The lowest BCUT2D eigenvalue weighted by Crippen LogP contribution is -2.48. The average Bonchev–Trinajstić information content (AvgIpc) is 3.31. The Balaban J connectivity index is 0.000000795. The Hall–Kier alpha value is -2.90. The first-order valence-corrected chi connectivity index (χ1v) is 13.0. The molecule has 4 rings (SSSR count). The number of amides is 1. The van der Waals surface area contributed by atoms with Crippen molar-refractivity contribution in [2.45, 2.75) is 11.4 Å². The number of rotatable bonds is 6. The van der Waals surface area contributed by atoms with E-state index in [0.717, 1.165) is 23.1 Å². The van der Waals surface area contributed by atoms with Gasteiger partial charge in [0.25, 0.3) is 5.91 Å². The minimum atomic E-state index is -3.65. The van der Waals surface area contributed by atoms with E-state index in [1.807, 2.05) is 18.2 Å². The molecule has 35 heavy (non-hydrogen) atoms. The lowest BCUT2D eigenvalue weighted by molar-refractivity contribution is -0.124. The van der Waals surface area contributed by atoms with Crippen LogP contribution in [0.1, 0.15) is 11.1 Å². The third-order valence-electron chi connectivity index (χ3n) is 5.21. The van der Waals surface area contributed by atoms with E-state index in [1.54, 1.807) is 12.1 Å². The number of nitrogens with one attached hydrogen (secondary N) is 1. The lowest BCUT2D eigenvalue weighted by atomic mass is 10.2. The molecule has 14 heteroatoms. The number of ether oxygens (including phenoxy) is 2. The first kappa shape index (κ1) is 26.7. The summed E-state index contributed by atoms with van der Waals surface area (Å²) in [5.41, 5.74) is 3.13. The van der Waals surface area contributed by atoms with Crippen molar-refractivity contribution in [2.24, 2.45) is 0 Å². The Morgan fingerprint density at radius 3 is 2.43 bits per heavy atom. The second-order valence-electron chi connectivity index (χ2n) is 7.50. The maximum Gasteiger partial charge on any atom is 0.692 e. The van der Waals surface area contributed by atoms with Crippen LogP contribution in [-0.2, 0) is 25.9 Å². The van der Waals surface area contributed by atoms with Crippen LogP contribution in [0.5, 0.6) is 11.5 Å².